The maximum atomic E-state index is 11.4. The van der Waals surface area contributed by atoms with Gasteiger partial charge in [0.1, 0.15) is 6.61 Å². The molecule has 2 rings (SSSR count). The lowest BCUT2D eigenvalue weighted by Gasteiger charge is -2.12. The van der Waals surface area contributed by atoms with E-state index in [1.807, 2.05) is 18.2 Å². The van der Waals surface area contributed by atoms with Crippen LogP contribution in [0, 0.1) is 0 Å². The number of benzene rings is 1. The number of ketones is 1. The van der Waals surface area contributed by atoms with Gasteiger partial charge in [-0.25, -0.2) is 0 Å². The van der Waals surface area contributed by atoms with E-state index in [4.69, 9.17) is 10.4 Å². The van der Waals surface area contributed by atoms with E-state index in [1.54, 1.807) is 6.07 Å². The standard InChI is InChI=1S/C10H7N3O2/c11-12-5-9(14)10-8-4-2-1-3-7(8)6-15-13-10/h1-5H,6H2. The predicted molar refractivity (Wildman–Crippen MR) is 52.5 cm³/mol. The topological polar surface area (TPSA) is 75.1 Å². The van der Waals surface area contributed by atoms with Crippen LogP contribution in [0.1, 0.15) is 11.1 Å². The maximum absolute atomic E-state index is 11.4. The molecule has 1 aliphatic rings. The van der Waals surface area contributed by atoms with Crippen molar-refractivity contribution in [2.24, 2.45) is 5.16 Å². The minimum Gasteiger partial charge on any atom is -0.390 e. The summed E-state index contributed by atoms with van der Waals surface area (Å²) in [6.45, 7) is 0.350. The summed E-state index contributed by atoms with van der Waals surface area (Å²) in [5, 5.41) is 3.65. The quantitative estimate of drug-likeness (QED) is 0.403. The minimum absolute atomic E-state index is 0.162. The third-order valence-electron chi connectivity index (χ3n) is 2.06. The van der Waals surface area contributed by atoms with Gasteiger partial charge in [0.25, 0.3) is 5.78 Å². The smallest absolute Gasteiger partial charge is 0.329 e. The zero-order valence-electron chi connectivity index (χ0n) is 7.75. The van der Waals surface area contributed by atoms with Crippen LogP contribution in [-0.2, 0) is 16.2 Å². The van der Waals surface area contributed by atoms with Gasteiger partial charge in [0.05, 0.1) is 0 Å². The van der Waals surface area contributed by atoms with E-state index in [1.165, 1.54) is 0 Å². The lowest BCUT2D eigenvalue weighted by molar-refractivity contribution is -0.110. The minimum atomic E-state index is -0.482. The Hall–Kier alpha value is -2.26. The Bertz CT molecular complexity index is 487. The van der Waals surface area contributed by atoms with E-state index in [0.717, 1.165) is 11.8 Å². The first-order chi connectivity index (χ1) is 7.33. The van der Waals surface area contributed by atoms with Crippen molar-refractivity contribution < 1.29 is 14.4 Å². The van der Waals surface area contributed by atoms with Crippen LogP contribution < -0.4 is 0 Å². The van der Waals surface area contributed by atoms with Crippen LogP contribution in [0.4, 0.5) is 0 Å². The molecule has 0 atom stereocenters. The zero-order valence-corrected chi connectivity index (χ0v) is 7.75. The van der Waals surface area contributed by atoms with Crippen molar-refractivity contribution in [3.05, 3.63) is 40.9 Å². The van der Waals surface area contributed by atoms with Crippen LogP contribution in [0.25, 0.3) is 5.53 Å². The Morgan fingerprint density at radius 1 is 1.53 bits per heavy atom. The normalized spacial score (nSPS) is 12.9. The Morgan fingerprint density at radius 2 is 2.33 bits per heavy atom. The van der Waals surface area contributed by atoms with Crippen LogP contribution >= 0.6 is 0 Å². The second-order valence-corrected chi connectivity index (χ2v) is 2.98. The molecule has 0 N–H and O–H groups in total. The van der Waals surface area contributed by atoms with E-state index in [9.17, 15) is 4.79 Å². The molecule has 0 amide bonds. The number of hydrogen-bond donors (Lipinski definition) is 0. The number of oxime groups is 1. The zero-order chi connectivity index (χ0) is 10.7. The lowest BCUT2D eigenvalue weighted by atomic mass is 10.0. The number of hydrogen-bond acceptors (Lipinski definition) is 3. The Labute approximate surface area is 85.6 Å². The molecule has 74 valence electrons. The maximum Gasteiger partial charge on any atom is 0.329 e. The van der Waals surface area contributed by atoms with Gasteiger partial charge < -0.3 is 10.4 Å². The van der Waals surface area contributed by atoms with E-state index < -0.39 is 5.78 Å². The highest BCUT2D eigenvalue weighted by molar-refractivity contribution is 6.63. The van der Waals surface area contributed by atoms with E-state index >= 15 is 0 Å². The third kappa shape index (κ3) is 1.68. The van der Waals surface area contributed by atoms with Gasteiger partial charge in [-0.1, -0.05) is 29.4 Å². The van der Waals surface area contributed by atoms with E-state index in [-0.39, 0.29) is 5.71 Å². The monoisotopic (exact) mass is 201 g/mol. The van der Waals surface area contributed by atoms with Crippen molar-refractivity contribution in [2.75, 3.05) is 0 Å². The fraction of sp³-hybridized carbons (Fsp3) is 0.100. The molecule has 0 aromatic heterocycles. The molecule has 0 bridgehead atoms. The van der Waals surface area contributed by atoms with Crippen LogP contribution in [0.3, 0.4) is 0 Å². The Balaban J connectivity index is 2.47. The molecule has 0 saturated heterocycles. The number of rotatable bonds is 2. The summed E-state index contributed by atoms with van der Waals surface area (Å²) in [4.78, 5) is 19.0. The molecule has 1 aromatic carbocycles. The highest BCUT2D eigenvalue weighted by atomic mass is 16.6. The molecule has 1 aliphatic heterocycles. The molecule has 5 nitrogen and oxygen atoms in total. The summed E-state index contributed by atoms with van der Waals surface area (Å²) in [7, 11) is 0. The molecular formula is C10H7N3O2. The van der Waals surface area contributed by atoms with Crippen molar-refractivity contribution in [1.29, 1.82) is 0 Å². The number of fused-ring (bicyclic) bond motifs is 1. The first kappa shape index (κ1) is 9.30. The van der Waals surface area contributed by atoms with E-state index in [0.29, 0.717) is 12.2 Å². The average molecular weight is 201 g/mol. The van der Waals surface area contributed by atoms with Crippen molar-refractivity contribution in [3.8, 4) is 0 Å². The molecule has 1 heterocycles. The number of carbonyl (C=O) groups excluding carboxylic acids is 1. The third-order valence-corrected chi connectivity index (χ3v) is 2.06. The molecule has 5 heteroatoms. The molecular weight excluding hydrogens is 194 g/mol. The lowest BCUT2D eigenvalue weighted by Crippen LogP contribution is -2.22. The van der Waals surface area contributed by atoms with Crippen molar-refractivity contribution in [2.45, 2.75) is 6.61 Å². The number of Topliss-reactive ketones (excluding diaryl/α,β-unsaturated/α-hetero) is 1. The average Bonchev–Trinajstić information content (AvgIpc) is 2.28. The van der Waals surface area contributed by atoms with Crippen molar-refractivity contribution in [1.82, 2.24) is 0 Å². The Morgan fingerprint density at radius 3 is 3.13 bits per heavy atom. The van der Waals surface area contributed by atoms with Gasteiger partial charge in [-0.2, -0.15) is 4.79 Å². The number of nitrogens with zero attached hydrogens (tertiary/aromatic N) is 3. The van der Waals surface area contributed by atoms with Crippen LogP contribution in [-0.4, -0.2) is 22.5 Å². The highest BCUT2D eigenvalue weighted by Crippen LogP contribution is 2.16. The second kappa shape index (κ2) is 3.86. The van der Waals surface area contributed by atoms with Gasteiger partial charge in [-0.05, 0) is 0 Å². The highest BCUT2D eigenvalue weighted by Gasteiger charge is 2.22. The largest absolute Gasteiger partial charge is 0.390 e. The van der Waals surface area contributed by atoms with Gasteiger partial charge in [0.2, 0.25) is 0 Å². The van der Waals surface area contributed by atoms with Gasteiger partial charge in [0.15, 0.2) is 5.71 Å². The van der Waals surface area contributed by atoms with Gasteiger partial charge in [-0.15, -0.1) is 0 Å². The summed E-state index contributed by atoms with van der Waals surface area (Å²) in [5.74, 6) is -0.482. The van der Waals surface area contributed by atoms with Gasteiger partial charge in [0, 0.05) is 11.1 Å². The van der Waals surface area contributed by atoms with Crippen LogP contribution in [0.5, 0.6) is 0 Å². The SMILES string of the molecule is [N-]=[N+]=CC(=O)C1=NOCc2ccccc21. The summed E-state index contributed by atoms with van der Waals surface area (Å²) >= 11 is 0. The molecule has 0 fully saturated rings. The fourth-order valence-electron chi connectivity index (χ4n) is 1.38. The predicted octanol–water partition coefficient (Wildman–Crippen LogP) is 0.791. The van der Waals surface area contributed by atoms with E-state index in [2.05, 4.69) is 9.95 Å². The summed E-state index contributed by atoms with van der Waals surface area (Å²) in [5.41, 5.74) is 10.0. The van der Waals surface area contributed by atoms with Crippen molar-refractivity contribution >= 4 is 17.7 Å². The number of carbonyl (C=O) groups is 1. The second-order valence-electron chi connectivity index (χ2n) is 2.98. The van der Waals surface area contributed by atoms with Crippen LogP contribution in [0.15, 0.2) is 29.4 Å². The molecule has 0 radical (unpaired) electrons. The molecule has 0 unspecified atom stereocenters. The molecule has 1 aromatic rings. The first-order valence-electron chi connectivity index (χ1n) is 4.33. The molecule has 15 heavy (non-hydrogen) atoms. The summed E-state index contributed by atoms with van der Waals surface area (Å²) in [6.07, 6.45) is 0.796. The summed E-state index contributed by atoms with van der Waals surface area (Å²) in [6, 6.07) is 7.30. The molecule has 0 spiro atoms. The van der Waals surface area contributed by atoms with Crippen LogP contribution in [0.2, 0.25) is 0 Å². The van der Waals surface area contributed by atoms with Crippen molar-refractivity contribution in [3.63, 3.8) is 0 Å². The molecule has 0 saturated carbocycles. The van der Waals surface area contributed by atoms with Gasteiger partial charge in [-0.3, -0.25) is 4.79 Å². The fourth-order valence-corrected chi connectivity index (χ4v) is 1.38. The summed E-state index contributed by atoms with van der Waals surface area (Å²) < 4.78 is 0. The van der Waals surface area contributed by atoms with Gasteiger partial charge >= 0.3 is 6.21 Å². The molecule has 0 aliphatic carbocycles. The Kier molecular flexibility index (Phi) is 2.39. The first-order valence-corrected chi connectivity index (χ1v) is 4.33.